The molecule has 132 valence electrons. The van der Waals surface area contributed by atoms with E-state index in [1.54, 1.807) is 31.2 Å². The number of benzene rings is 2. The summed E-state index contributed by atoms with van der Waals surface area (Å²) in [7, 11) is 1.39. The largest absolute Gasteiger partial charge is 0.399 e. The fourth-order valence-corrected chi connectivity index (χ4v) is 2.43. The number of aryl methyl sites for hydroxylation is 1. The molecule has 0 aromatic heterocycles. The molecule has 0 fully saturated rings. The van der Waals surface area contributed by atoms with Crippen LogP contribution in [0.3, 0.4) is 0 Å². The fourth-order valence-electron chi connectivity index (χ4n) is 2.43. The van der Waals surface area contributed by atoms with Gasteiger partial charge in [0, 0.05) is 16.7 Å². The third kappa shape index (κ3) is 4.54. The van der Waals surface area contributed by atoms with Gasteiger partial charge in [-0.2, -0.15) is 5.26 Å². The van der Waals surface area contributed by atoms with Gasteiger partial charge in [-0.15, -0.1) is 0 Å². The number of carbonyl (C=O) groups excluding carboxylic acids is 1. The molecule has 6 nitrogen and oxygen atoms in total. The molecule has 0 heterocycles. The van der Waals surface area contributed by atoms with Crippen molar-refractivity contribution in [3.63, 3.8) is 0 Å². The molecule has 0 bridgehead atoms. The highest BCUT2D eigenvalue weighted by Crippen LogP contribution is 2.17. The van der Waals surface area contributed by atoms with Crippen molar-refractivity contribution in [2.75, 3.05) is 7.11 Å². The lowest BCUT2D eigenvalue weighted by Gasteiger charge is -2.11. The number of oxime groups is 2. The Morgan fingerprint density at radius 2 is 2.00 bits per heavy atom. The van der Waals surface area contributed by atoms with Gasteiger partial charge in [0.05, 0.1) is 17.3 Å². The molecular formula is C20H19N3O3. The van der Waals surface area contributed by atoms with E-state index >= 15 is 0 Å². The van der Waals surface area contributed by atoms with E-state index in [9.17, 15) is 4.79 Å². The van der Waals surface area contributed by atoms with E-state index in [1.165, 1.54) is 7.11 Å². The van der Waals surface area contributed by atoms with Crippen molar-refractivity contribution in [3.05, 3.63) is 70.3 Å². The summed E-state index contributed by atoms with van der Waals surface area (Å²) in [5.74, 6) is 0. The molecule has 0 aliphatic rings. The Labute approximate surface area is 152 Å². The maximum atomic E-state index is 11.3. The highest BCUT2D eigenvalue weighted by Gasteiger charge is 2.12. The van der Waals surface area contributed by atoms with Crippen LogP contribution in [-0.2, 0) is 21.1 Å². The number of rotatable bonds is 7. The van der Waals surface area contributed by atoms with Crippen LogP contribution in [-0.4, -0.2) is 24.8 Å². The van der Waals surface area contributed by atoms with Gasteiger partial charge in [0.1, 0.15) is 19.4 Å². The zero-order chi connectivity index (χ0) is 18.9. The molecule has 0 N–H and O–H groups in total. The quantitative estimate of drug-likeness (QED) is 0.436. The molecule has 2 aromatic carbocycles. The van der Waals surface area contributed by atoms with E-state index < -0.39 is 0 Å². The van der Waals surface area contributed by atoms with Crippen LogP contribution in [0.15, 0.2) is 52.8 Å². The van der Waals surface area contributed by atoms with E-state index in [4.69, 9.17) is 14.9 Å². The van der Waals surface area contributed by atoms with Gasteiger partial charge in [0.25, 0.3) is 0 Å². The van der Waals surface area contributed by atoms with Crippen LogP contribution in [0.2, 0.25) is 0 Å². The van der Waals surface area contributed by atoms with Crippen molar-refractivity contribution >= 4 is 17.7 Å². The first-order valence-electron chi connectivity index (χ1n) is 7.93. The van der Waals surface area contributed by atoms with Crippen LogP contribution in [0.25, 0.3) is 0 Å². The molecule has 0 aliphatic carbocycles. The Bertz CT molecular complexity index is 895. The van der Waals surface area contributed by atoms with Crippen LogP contribution in [0, 0.1) is 18.3 Å². The zero-order valence-electron chi connectivity index (χ0n) is 14.9. The monoisotopic (exact) mass is 349 g/mol. The van der Waals surface area contributed by atoms with Gasteiger partial charge in [0.2, 0.25) is 0 Å². The number of carbonyl (C=O) groups is 1. The van der Waals surface area contributed by atoms with Crippen molar-refractivity contribution in [1.82, 2.24) is 0 Å². The molecule has 0 spiro atoms. The molecule has 0 aliphatic heterocycles. The smallest absolute Gasteiger partial charge is 0.172 e. The number of aldehydes is 1. The first-order valence-corrected chi connectivity index (χ1v) is 7.93. The van der Waals surface area contributed by atoms with Gasteiger partial charge in [0.15, 0.2) is 6.29 Å². The van der Waals surface area contributed by atoms with Crippen LogP contribution in [0.5, 0.6) is 0 Å². The number of nitrogens with zero attached hydrogens (tertiary/aromatic N) is 3. The molecule has 0 atom stereocenters. The second kappa shape index (κ2) is 9.14. The molecular weight excluding hydrogens is 330 g/mol. The Balaban J connectivity index is 2.23. The number of nitriles is 1. The van der Waals surface area contributed by atoms with Gasteiger partial charge < -0.3 is 9.68 Å². The first kappa shape index (κ1) is 18.9. The Hall–Kier alpha value is -3.46. The molecule has 0 saturated heterocycles. The summed E-state index contributed by atoms with van der Waals surface area (Å²) in [6.45, 7) is 3.90. The minimum absolute atomic E-state index is 0.174. The summed E-state index contributed by atoms with van der Waals surface area (Å²) >= 11 is 0. The van der Waals surface area contributed by atoms with Crippen molar-refractivity contribution in [2.24, 2.45) is 10.3 Å². The second-order valence-electron chi connectivity index (χ2n) is 5.52. The van der Waals surface area contributed by atoms with Crippen LogP contribution in [0.1, 0.15) is 34.7 Å². The maximum absolute atomic E-state index is 11.3. The van der Waals surface area contributed by atoms with E-state index in [-0.39, 0.29) is 12.3 Å². The Morgan fingerprint density at radius 3 is 2.69 bits per heavy atom. The third-order valence-electron chi connectivity index (χ3n) is 3.81. The lowest BCUT2D eigenvalue weighted by atomic mass is 9.99. The van der Waals surface area contributed by atoms with Gasteiger partial charge in [-0.05, 0) is 31.5 Å². The summed E-state index contributed by atoms with van der Waals surface area (Å²) in [5, 5.41) is 16.9. The maximum Gasteiger partial charge on any atom is 0.172 e. The second-order valence-corrected chi connectivity index (χ2v) is 5.52. The average molecular weight is 349 g/mol. The summed E-state index contributed by atoms with van der Waals surface area (Å²) in [6, 6.07) is 14.8. The standard InChI is InChI=1S/C20H19N3O3/c1-14-6-4-9-18(20(12-24)23-25-3)19(14)13-26-22-15(2)17-8-5-7-16(10-17)11-21/h4-10,12H,13H2,1-3H3/b22-15+,23-20-. The first-order chi connectivity index (χ1) is 12.6. The molecule has 26 heavy (non-hydrogen) atoms. The fraction of sp³-hybridized carbons (Fsp3) is 0.200. The lowest BCUT2D eigenvalue weighted by Crippen LogP contribution is -2.09. The van der Waals surface area contributed by atoms with Crippen molar-refractivity contribution in [2.45, 2.75) is 20.5 Å². The minimum Gasteiger partial charge on any atom is -0.399 e. The Morgan fingerprint density at radius 1 is 1.23 bits per heavy atom. The van der Waals surface area contributed by atoms with E-state index in [0.29, 0.717) is 23.1 Å². The Kier molecular flexibility index (Phi) is 6.63. The normalized spacial score (nSPS) is 11.6. The predicted octanol–water partition coefficient (Wildman–Crippen LogP) is 3.36. The van der Waals surface area contributed by atoms with Crippen LogP contribution < -0.4 is 0 Å². The molecule has 6 heteroatoms. The molecule has 0 saturated carbocycles. The number of hydrogen-bond donors (Lipinski definition) is 0. The highest BCUT2D eigenvalue weighted by molar-refractivity contribution is 6.36. The summed E-state index contributed by atoms with van der Waals surface area (Å²) in [4.78, 5) is 21.5. The summed E-state index contributed by atoms with van der Waals surface area (Å²) < 4.78 is 0. The van der Waals surface area contributed by atoms with Gasteiger partial charge in [-0.25, -0.2) is 0 Å². The molecule has 0 unspecified atom stereocenters. The average Bonchev–Trinajstić information content (AvgIpc) is 2.67. The van der Waals surface area contributed by atoms with Gasteiger partial charge in [-0.1, -0.05) is 40.6 Å². The molecule has 0 radical (unpaired) electrons. The topological polar surface area (TPSA) is 84.0 Å². The van der Waals surface area contributed by atoms with Gasteiger partial charge >= 0.3 is 0 Å². The lowest BCUT2D eigenvalue weighted by molar-refractivity contribution is -0.102. The van der Waals surface area contributed by atoms with Crippen LogP contribution >= 0.6 is 0 Å². The van der Waals surface area contributed by atoms with Crippen molar-refractivity contribution in [3.8, 4) is 6.07 Å². The summed E-state index contributed by atoms with van der Waals surface area (Å²) in [6.07, 6.45) is 0.643. The van der Waals surface area contributed by atoms with E-state index in [1.807, 2.05) is 25.1 Å². The molecule has 0 amide bonds. The van der Waals surface area contributed by atoms with E-state index in [0.717, 1.165) is 16.7 Å². The van der Waals surface area contributed by atoms with Gasteiger partial charge in [-0.3, -0.25) is 4.79 Å². The zero-order valence-corrected chi connectivity index (χ0v) is 14.9. The number of hydrogen-bond acceptors (Lipinski definition) is 6. The van der Waals surface area contributed by atoms with Crippen molar-refractivity contribution < 1.29 is 14.5 Å². The van der Waals surface area contributed by atoms with Crippen molar-refractivity contribution in [1.29, 1.82) is 5.26 Å². The minimum atomic E-state index is 0.174. The summed E-state index contributed by atoms with van der Waals surface area (Å²) in [5.41, 5.74) is 4.61. The molecule has 2 rings (SSSR count). The van der Waals surface area contributed by atoms with E-state index in [2.05, 4.69) is 16.4 Å². The SMILES string of the molecule is CO/N=C(/C=O)c1cccc(C)c1CO/N=C(\C)c1cccc(C#N)c1. The highest BCUT2D eigenvalue weighted by atomic mass is 16.6. The third-order valence-corrected chi connectivity index (χ3v) is 3.81. The van der Waals surface area contributed by atoms with Crippen LogP contribution in [0.4, 0.5) is 0 Å². The predicted molar refractivity (Wildman–Crippen MR) is 98.9 cm³/mol. The molecule has 2 aromatic rings.